The molecule has 1 saturated carbocycles. The zero-order valence-electron chi connectivity index (χ0n) is 7.15. The predicted molar refractivity (Wildman–Crippen MR) is 62.3 cm³/mol. The molecule has 1 aliphatic carbocycles. The average molecular weight is 310 g/mol. The van der Waals surface area contributed by atoms with Gasteiger partial charge in [-0.2, -0.15) is 5.10 Å². The van der Waals surface area contributed by atoms with Crippen molar-refractivity contribution >= 4 is 28.4 Å². The Morgan fingerprint density at radius 1 is 1.69 bits per heavy atom. The van der Waals surface area contributed by atoms with E-state index in [0.717, 1.165) is 5.56 Å². The molecular formula is C8H12IN2OP. The summed E-state index contributed by atoms with van der Waals surface area (Å²) in [5, 5.41) is 14.1. The van der Waals surface area contributed by atoms with Crippen LogP contribution in [0.1, 0.15) is 30.9 Å². The number of halogens is 1. The summed E-state index contributed by atoms with van der Waals surface area (Å²) in [6, 6.07) is 0. The predicted octanol–water partition coefficient (Wildman–Crippen LogP) is 2.51. The fraction of sp³-hybridized carbons (Fsp3) is 0.625. The molecule has 5 heteroatoms. The first-order chi connectivity index (χ1) is 6.31. The van der Waals surface area contributed by atoms with Gasteiger partial charge in [0, 0.05) is 11.8 Å². The van der Waals surface area contributed by atoms with Crippen molar-refractivity contribution in [1.82, 2.24) is 9.55 Å². The second-order valence-electron chi connectivity index (χ2n) is 3.44. The molecule has 1 aromatic rings. The Hall–Kier alpha value is 0.330. The van der Waals surface area contributed by atoms with Crippen molar-refractivity contribution in [3.05, 3.63) is 18.0 Å². The van der Waals surface area contributed by atoms with Gasteiger partial charge in [-0.25, -0.2) is 4.45 Å². The van der Waals surface area contributed by atoms with E-state index in [2.05, 4.69) is 27.1 Å². The van der Waals surface area contributed by atoms with E-state index < -0.39 is 0 Å². The Balaban J connectivity index is 2.05. The fourth-order valence-electron chi connectivity index (χ4n) is 1.56. The zero-order valence-corrected chi connectivity index (χ0v) is 10.3. The molecular weight excluding hydrogens is 298 g/mol. The Bertz CT molecular complexity index is 287. The van der Waals surface area contributed by atoms with Gasteiger partial charge >= 0.3 is 0 Å². The molecule has 1 heterocycles. The van der Waals surface area contributed by atoms with Gasteiger partial charge in [-0.15, -0.1) is 0 Å². The molecule has 0 radical (unpaired) electrons. The highest BCUT2D eigenvalue weighted by Crippen LogP contribution is 2.38. The Morgan fingerprint density at radius 2 is 2.46 bits per heavy atom. The highest BCUT2D eigenvalue weighted by Gasteiger charge is 2.27. The van der Waals surface area contributed by atoms with Gasteiger partial charge in [-0.1, -0.05) is 6.42 Å². The molecule has 1 N–H and O–H groups in total. The largest absolute Gasteiger partial charge is 0.388 e. The van der Waals surface area contributed by atoms with Gasteiger partial charge in [0.2, 0.25) is 0 Å². The summed E-state index contributed by atoms with van der Waals surface area (Å²) in [5.41, 5.74) is 0.980. The quantitative estimate of drug-likeness (QED) is 0.688. The third-order valence-corrected chi connectivity index (χ3v) is 4.53. The number of aliphatic hydroxyl groups excluding tert-OH is 1. The minimum atomic E-state index is -0.282. The van der Waals surface area contributed by atoms with Crippen LogP contribution in [0.3, 0.4) is 0 Å². The lowest BCUT2D eigenvalue weighted by Crippen LogP contribution is -2.19. The lowest BCUT2D eigenvalue weighted by atomic mass is 9.79. The summed E-state index contributed by atoms with van der Waals surface area (Å²) >= 11 is 2.28. The molecule has 2 atom stereocenters. The molecule has 2 unspecified atom stereocenters. The smallest absolute Gasteiger partial charge is 0.0848 e. The summed E-state index contributed by atoms with van der Waals surface area (Å²) in [7, 11) is 0. The molecule has 1 fully saturated rings. The maximum Gasteiger partial charge on any atom is 0.0848 e. The van der Waals surface area contributed by atoms with Crippen LogP contribution in [0.15, 0.2) is 12.4 Å². The van der Waals surface area contributed by atoms with Crippen LogP contribution in [0.2, 0.25) is 0 Å². The molecule has 72 valence electrons. The van der Waals surface area contributed by atoms with Crippen molar-refractivity contribution in [1.29, 1.82) is 0 Å². The van der Waals surface area contributed by atoms with Gasteiger partial charge in [0.05, 0.1) is 18.7 Å². The monoisotopic (exact) mass is 310 g/mol. The topological polar surface area (TPSA) is 38.1 Å². The van der Waals surface area contributed by atoms with E-state index in [4.69, 9.17) is 0 Å². The SMILES string of the molecule is OC(c1cnn(PI)c1)C1CCC1. The van der Waals surface area contributed by atoms with Crippen LogP contribution in [0.5, 0.6) is 0 Å². The minimum Gasteiger partial charge on any atom is -0.388 e. The number of aromatic nitrogens is 2. The molecule has 1 aliphatic rings. The fourth-order valence-corrected chi connectivity index (χ4v) is 2.65. The van der Waals surface area contributed by atoms with E-state index in [1.165, 1.54) is 19.3 Å². The summed E-state index contributed by atoms with van der Waals surface area (Å²) < 4.78 is 1.87. The van der Waals surface area contributed by atoms with Gasteiger partial charge < -0.3 is 5.11 Å². The number of hydrogen-bond acceptors (Lipinski definition) is 2. The lowest BCUT2D eigenvalue weighted by Gasteiger charge is -2.29. The van der Waals surface area contributed by atoms with Crippen LogP contribution in [0, 0.1) is 5.92 Å². The summed E-state index contributed by atoms with van der Waals surface area (Å²) in [5.74, 6) is 0.482. The molecule has 2 rings (SSSR count). The highest BCUT2D eigenvalue weighted by atomic mass is 127. The van der Waals surface area contributed by atoms with Crippen molar-refractivity contribution in [2.45, 2.75) is 25.4 Å². The van der Waals surface area contributed by atoms with E-state index in [9.17, 15) is 5.11 Å². The Morgan fingerprint density at radius 3 is 2.92 bits per heavy atom. The number of aliphatic hydroxyl groups is 1. The van der Waals surface area contributed by atoms with Crippen LogP contribution < -0.4 is 0 Å². The summed E-state index contributed by atoms with van der Waals surface area (Å²) in [4.78, 5) is 0. The van der Waals surface area contributed by atoms with Crippen molar-refractivity contribution in [3.8, 4) is 0 Å². The maximum atomic E-state index is 9.90. The molecule has 0 bridgehead atoms. The van der Waals surface area contributed by atoms with E-state index in [0.29, 0.717) is 12.3 Å². The second-order valence-corrected chi connectivity index (χ2v) is 5.51. The first-order valence-corrected chi connectivity index (χ1v) is 8.46. The Kier molecular flexibility index (Phi) is 3.22. The molecule has 0 aromatic carbocycles. The molecule has 0 aliphatic heterocycles. The Labute approximate surface area is 92.2 Å². The van der Waals surface area contributed by atoms with E-state index in [1.807, 2.05) is 10.6 Å². The number of hydrogen-bond donors (Lipinski definition) is 1. The van der Waals surface area contributed by atoms with Crippen LogP contribution >= 0.6 is 28.4 Å². The highest BCUT2D eigenvalue weighted by molar-refractivity contribution is 14.2. The van der Waals surface area contributed by atoms with Gasteiger partial charge in [0.1, 0.15) is 0 Å². The molecule has 13 heavy (non-hydrogen) atoms. The van der Waals surface area contributed by atoms with Crippen LogP contribution in [0.25, 0.3) is 0 Å². The summed E-state index contributed by atoms with van der Waals surface area (Å²) in [6.07, 6.45) is 7.68. The van der Waals surface area contributed by atoms with Crippen molar-refractivity contribution in [3.63, 3.8) is 0 Å². The number of nitrogens with zero attached hydrogens (tertiary/aromatic N) is 2. The van der Waals surface area contributed by atoms with Crippen molar-refractivity contribution in [2.24, 2.45) is 5.92 Å². The van der Waals surface area contributed by atoms with Crippen molar-refractivity contribution in [2.75, 3.05) is 0 Å². The second kappa shape index (κ2) is 4.24. The third kappa shape index (κ3) is 2.05. The van der Waals surface area contributed by atoms with Gasteiger partial charge in [-0.05, 0) is 40.8 Å². The van der Waals surface area contributed by atoms with Crippen LogP contribution in [-0.2, 0) is 0 Å². The van der Waals surface area contributed by atoms with Crippen LogP contribution in [0.4, 0.5) is 0 Å². The average Bonchev–Trinajstić information content (AvgIpc) is 2.48. The number of rotatable bonds is 3. The van der Waals surface area contributed by atoms with E-state index >= 15 is 0 Å². The van der Waals surface area contributed by atoms with E-state index in [-0.39, 0.29) is 6.10 Å². The van der Waals surface area contributed by atoms with Crippen LogP contribution in [-0.4, -0.2) is 14.7 Å². The zero-order chi connectivity index (χ0) is 9.26. The minimum absolute atomic E-state index is 0.282. The maximum absolute atomic E-state index is 9.90. The first-order valence-electron chi connectivity index (χ1n) is 4.40. The lowest BCUT2D eigenvalue weighted by molar-refractivity contribution is 0.0621. The molecule has 1 aromatic heterocycles. The summed E-state index contributed by atoms with van der Waals surface area (Å²) in [6.45, 7) is 0. The molecule has 3 nitrogen and oxygen atoms in total. The van der Waals surface area contributed by atoms with Crippen molar-refractivity contribution < 1.29 is 5.11 Å². The third-order valence-electron chi connectivity index (χ3n) is 2.63. The first kappa shape index (κ1) is 9.87. The molecule has 0 amide bonds. The van der Waals surface area contributed by atoms with E-state index in [1.54, 1.807) is 6.20 Å². The standard InChI is InChI=1S/C8H12IN2OP/c9-13-11-5-7(4-10-11)8(12)6-2-1-3-6/h4-6,8,12-13H,1-3H2. The normalized spacial score (nSPS) is 20.8. The van der Waals surface area contributed by atoms with Gasteiger partial charge in [-0.3, -0.25) is 0 Å². The molecule has 0 saturated heterocycles. The molecule has 0 spiro atoms. The van der Waals surface area contributed by atoms with Gasteiger partial charge in [0.25, 0.3) is 0 Å². The van der Waals surface area contributed by atoms with Gasteiger partial charge in [0.15, 0.2) is 0 Å².